The predicted molar refractivity (Wildman–Crippen MR) is 124 cm³/mol. The first-order valence-electron chi connectivity index (χ1n) is 10.5. The van der Waals surface area contributed by atoms with Crippen LogP contribution in [0.15, 0.2) is 65.6 Å². The predicted octanol–water partition coefficient (Wildman–Crippen LogP) is 3.42. The Morgan fingerprint density at radius 2 is 1.62 bits per heavy atom. The van der Waals surface area contributed by atoms with Crippen molar-refractivity contribution in [3.05, 3.63) is 66.2 Å². The van der Waals surface area contributed by atoms with Gasteiger partial charge in [0.25, 0.3) is 5.91 Å². The zero-order valence-electron chi connectivity index (χ0n) is 17.6. The van der Waals surface area contributed by atoms with Crippen molar-refractivity contribution in [3.8, 4) is 11.3 Å². The lowest BCUT2D eigenvalue weighted by Gasteiger charge is -2.20. The standard InChI is InChI=1S/C23H25N5O3S/c24-32(30,31)20-10-8-17(9-11-20)23(29)25-19-7-5-6-18(16-19)21-12-13-22(27-26-21)28-14-3-1-2-4-15-28/h5-13,16H,1-4,14-15H2,(H,25,29)(H2,24,30,31). The second kappa shape index (κ2) is 9.46. The van der Waals surface area contributed by atoms with Crippen molar-refractivity contribution in [3.63, 3.8) is 0 Å². The van der Waals surface area contributed by atoms with Gasteiger partial charge in [-0.1, -0.05) is 25.0 Å². The molecule has 4 rings (SSSR count). The first-order valence-corrected chi connectivity index (χ1v) is 12.1. The molecule has 1 saturated heterocycles. The molecule has 1 aliphatic heterocycles. The smallest absolute Gasteiger partial charge is 0.255 e. The third kappa shape index (κ3) is 5.30. The summed E-state index contributed by atoms with van der Waals surface area (Å²) in [4.78, 5) is 14.8. The summed E-state index contributed by atoms with van der Waals surface area (Å²) in [5, 5.41) is 16.7. The van der Waals surface area contributed by atoms with Crippen LogP contribution in [0, 0.1) is 0 Å². The van der Waals surface area contributed by atoms with Crippen molar-refractivity contribution in [1.82, 2.24) is 10.2 Å². The van der Waals surface area contributed by atoms with Gasteiger partial charge in [-0.05, 0) is 61.4 Å². The van der Waals surface area contributed by atoms with Crippen LogP contribution in [0.4, 0.5) is 11.5 Å². The lowest BCUT2D eigenvalue weighted by molar-refractivity contribution is 0.102. The number of nitrogens with one attached hydrogen (secondary N) is 1. The van der Waals surface area contributed by atoms with Crippen LogP contribution in [-0.2, 0) is 10.0 Å². The molecule has 1 amide bonds. The molecule has 2 aromatic carbocycles. The van der Waals surface area contributed by atoms with Crippen molar-refractivity contribution in [2.75, 3.05) is 23.3 Å². The zero-order valence-corrected chi connectivity index (χ0v) is 18.4. The molecule has 0 atom stereocenters. The number of hydrogen-bond donors (Lipinski definition) is 2. The number of carbonyl (C=O) groups excluding carboxylic acids is 1. The molecule has 0 spiro atoms. The molecule has 1 fully saturated rings. The summed E-state index contributed by atoms with van der Waals surface area (Å²) in [5.41, 5.74) is 2.48. The third-order valence-electron chi connectivity index (χ3n) is 5.44. The fourth-order valence-corrected chi connectivity index (χ4v) is 4.22. The average molecular weight is 452 g/mol. The summed E-state index contributed by atoms with van der Waals surface area (Å²) in [7, 11) is -3.80. The van der Waals surface area contributed by atoms with Gasteiger partial charge in [0.15, 0.2) is 5.82 Å². The quantitative estimate of drug-likeness (QED) is 0.614. The molecule has 3 aromatic rings. The molecule has 32 heavy (non-hydrogen) atoms. The minimum Gasteiger partial charge on any atom is -0.355 e. The van der Waals surface area contributed by atoms with E-state index in [4.69, 9.17) is 5.14 Å². The van der Waals surface area contributed by atoms with Gasteiger partial charge < -0.3 is 10.2 Å². The number of amides is 1. The van der Waals surface area contributed by atoms with Gasteiger partial charge in [0.05, 0.1) is 10.6 Å². The summed E-state index contributed by atoms with van der Waals surface area (Å²) < 4.78 is 22.7. The Hall–Kier alpha value is -3.30. The minimum atomic E-state index is -3.80. The molecule has 3 N–H and O–H groups in total. The first kappa shape index (κ1) is 21.9. The number of benzene rings is 2. The number of rotatable bonds is 5. The van der Waals surface area contributed by atoms with Gasteiger partial charge in [-0.2, -0.15) is 0 Å². The third-order valence-corrected chi connectivity index (χ3v) is 6.37. The Balaban J connectivity index is 1.46. The summed E-state index contributed by atoms with van der Waals surface area (Å²) in [5.74, 6) is 0.536. The van der Waals surface area contributed by atoms with Crippen molar-refractivity contribution in [1.29, 1.82) is 0 Å². The molecule has 8 nitrogen and oxygen atoms in total. The number of primary sulfonamides is 1. The van der Waals surface area contributed by atoms with Gasteiger partial charge in [-0.15, -0.1) is 10.2 Å². The minimum absolute atomic E-state index is 0.0433. The van der Waals surface area contributed by atoms with Crippen LogP contribution < -0.4 is 15.4 Å². The lowest BCUT2D eigenvalue weighted by Crippen LogP contribution is -2.25. The van der Waals surface area contributed by atoms with Crippen LogP contribution in [0.2, 0.25) is 0 Å². The molecule has 9 heteroatoms. The van der Waals surface area contributed by atoms with Crippen molar-refractivity contribution >= 4 is 27.4 Å². The molecule has 1 aromatic heterocycles. The summed E-state index contributed by atoms with van der Waals surface area (Å²) >= 11 is 0. The van der Waals surface area contributed by atoms with Crippen LogP contribution in [0.1, 0.15) is 36.0 Å². The second-order valence-corrected chi connectivity index (χ2v) is 9.34. The number of aromatic nitrogens is 2. The van der Waals surface area contributed by atoms with Crippen LogP contribution in [-0.4, -0.2) is 37.6 Å². The maximum absolute atomic E-state index is 12.5. The molecule has 2 heterocycles. The second-order valence-electron chi connectivity index (χ2n) is 7.78. The number of sulfonamides is 1. The van der Waals surface area contributed by atoms with Gasteiger partial charge >= 0.3 is 0 Å². The normalized spacial score (nSPS) is 14.6. The first-order chi connectivity index (χ1) is 15.4. The fraction of sp³-hybridized carbons (Fsp3) is 0.261. The number of anilines is 2. The number of hydrogen-bond acceptors (Lipinski definition) is 6. The largest absolute Gasteiger partial charge is 0.355 e. The highest BCUT2D eigenvalue weighted by atomic mass is 32.2. The SMILES string of the molecule is NS(=O)(=O)c1ccc(C(=O)Nc2cccc(-c3ccc(N4CCCCCC4)nn3)c2)cc1. The molecule has 0 saturated carbocycles. The van der Waals surface area contributed by atoms with E-state index in [2.05, 4.69) is 20.4 Å². The van der Waals surface area contributed by atoms with Crippen molar-refractivity contribution in [2.24, 2.45) is 5.14 Å². The highest BCUT2D eigenvalue weighted by Crippen LogP contribution is 2.23. The molecule has 0 unspecified atom stereocenters. The highest BCUT2D eigenvalue weighted by Gasteiger charge is 2.13. The molecular formula is C23H25N5O3S. The molecular weight excluding hydrogens is 426 g/mol. The molecule has 0 aliphatic carbocycles. The Labute approximate surface area is 187 Å². The van der Waals surface area contributed by atoms with E-state index in [0.717, 1.165) is 30.2 Å². The van der Waals surface area contributed by atoms with E-state index in [1.807, 2.05) is 30.3 Å². The zero-order chi connectivity index (χ0) is 22.6. The Bertz CT molecular complexity index is 1190. The highest BCUT2D eigenvalue weighted by molar-refractivity contribution is 7.89. The average Bonchev–Trinajstić information content (AvgIpc) is 3.09. The Morgan fingerprint density at radius 1 is 0.906 bits per heavy atom. The van der Waals surface area contributed by atoms with Gasteiger partial charge in [0, 0.05) is 29.9 Å². The van der Waals surface area contributed by atoms with Crippen LogP contribution in [0.3, 0.4) is 0 Å². The van der Waals surface area contributed by atoms with E-state index >= 15 is 0 Å². The van der Waals surface area contributed by atoms with Gasteiger partial charge in [-0.25, -0.2) is 13.6 Å². The van der Waals surface area contributed by atoms with E-state index in [1.54, 1.807) is 6.07 Å². The molecule has 0 radical (unpaired) electrons. The monoisotopic (exact) mass is 451 g/mol. The summed E-state index contributed by atoms with van der Waals surface area (Å²) in [6, 6.07) is 16.7. The van der Waals surface area contributed by atoms with Crippen LogP contribution in [0.25, 0.3) is 11.3 Å². The number of nitrogens with zero attached hydrogens (tertiary/aromatic N) is 3. The van der Waals surface area contributed by atoms with E-state index in [9.17, 15) is 13.2 Å². The molecule has 1 aliphatic rings. The molecule has 166 valence electrons. The van der Waals surface area contributed by atoms with E-state index in [-0.39, 0.29) is 10.8 Å². The Kier molecular flexibility index (Phi) is 6.48. The summed E-state index contributed by atoms with van der Waals surface area (Å²) in [6.45, 7) is 2.02. The number of carbonyl (C=O) groups is 1. The van der Waals surface area contributed by atoms with E-state index in [0.29, 0.717) is 11.3 Å². The fourth-order valence-electron chi connectivity index (χ4n) is 3.70. The Morgan fingerprint density at radius 3 is 2.25 bits per heavy atom. The van der Waals surface area contributed by atoms with E-state index in [1.165, 1.54) is 49.9 Å². The van der Waals surface area contributed by atoms with E-state index < -0.39 is 10.0 Å². The van der Waals surface area contributed by atoms with Crippen LogP contribution >= 0.6 is 0 Å². The maximum Gasteiger partial charge on any atom is 0.255 e. The molecule has 0 bridgehead atoms. The van der Waals surface area contributed by atoms with Crippen LogP contribution in [0.5, 0.6) is 0 Å². The lowest BCUT2D eigenvalue weighted by atomic mass is 10.1. The van der Waals surface area contributed by atoms with Gasteiger partial charge in [-0.3, -0.25) is 4.79 Å². The maximum atomic E-state index is 12.5. The van der Waals surface area contributed by atoms with Crippen molar-refractivity contribution in [2.45, 2.75) is 30.6 Å². The van der Waals surface area contributed by atoms with Gasteiger partial charge in [0.2, 0.25) is 10.0 Å². The number of nitrogens with two attached hydrogens (primary N) is 1. The van der Waals surface area contributed by atoms with Gasteiger partial charge in [0.1, 0.15) is 0 Å². The topological polar surface area (TPSA) is 118 Å². The van der Waals surface area contributed by atoms with Crippen molar-refractivity contribution < 1.29 is 13.2 Å². The summed E-state index contributed by atoms with van der Waals surface area (Å²) in [6.07, 6.45) is 4.87.